The molecule has 0 spiro atoms. The maximum absolute atomic E-state index is 12.4. The number of benzene rings is 2. The van der Waals surface area contributed by atoms with Gasteiger partial charge in [0.25, 0.3) is 5.56 Å². The van der Waals surface area contributed by atoms with E-state index in [4.69, 9.17) is 4.74 Å². The standard InChI is InChI=1S/C22H21N5O2S/c1-3-29-19-11-9-18(10-12-19)27-14-17(24-25-27)15-30-22-23-20(13-21(28)26(22)2)16-7-5-4-6-8-16/h4-14H,3,15H2,1-2H3. The van der Waals surface area contributed by atoms with Gasteiger partial charge in [0.2, 0.25) is 0 Å². The van der Waals surface area contributed by atoms with Gasteiger partial charge in [0.15, 0.2) is 5.16 Å². The molecule has 30 heavy (non-hydrogen) atoms. The molecule has 2 heterocycles. The van der Waals surface area contributed by atoms with E-state index in [1.807, 2.05) is 67.7 Å². The van der Waals surface area contributed by atoms with Crippen molar-refractivity contribution in [1.82, 2.24) is 24.5 Å². The summed E-state index contributed by atoms with van der Waals surface area (Å²) in [7, 11) is 1.73. The highest BCUT2D eigenvalue weighted by molar-refractivity contribution is 7.98. The summed E-state index contributed by atoms with van der Waals surface area (Å²) in [6.45, 7) is 2.58. The lowest BCUT2D eigenvalue weighted by Crippen LogP contribution is -2.19. The molecule has 0 saturated carbocycles. The van der Waals surface area contributed by atoms with Gasteiger partial charge in [0.1, 0.15) is 5.75 Å². The van der Waals surface area contributed by atoms with Crippen molar-refractivity contribution in [2.75, 3.05) is 6.61 Å². The van der Waals surface area contributed by atoms with E-state index in [-0.39, 0.29) is 5.56 Å². The van der Waals surface area contributed by atoms with E-state index >= 15 is 0 Å². The first kappa shape index (κ1) is 19.9. The Labute approximate surface area is 178 Å². The van der Waals surface area contributed by atoms with Crippen molar-refractivity contribution in [1.29, 1.82) is 0 Å². The molecule has 0 aliphatic rings. The first-order valence-electron chi connectivity index (χ1n) is 9.55. The number of hydrogen-bond acceptors (Lipinski definition) is 6. The van der Waals surface area contributed by atoms with Crippen LogP contribution in [0.5, 0.6) is 5.75 Å². The molecule has 4 rings (SSSR count). The number of thioether (sulfide) groups is 1. The smallest absolute Gasteiger partial charge is 0.254 e. The molecule has 0 radical (unpaired) electrons. The van der Waals surface area contributed by atoms with E-state index in [0.29, 0.717) is 23.2 Å². The number of aromatic nitrogens is 5. The lowest BCUT2D eigenvalue weighted by Gasteiger charge is -2.08. The topological polar surface area (TPSA) is 74.8 Å². The number of ether oxygens (including phenoxy) is 1. The summed E-state index contributed by atoms with van der Waals surface area (Å²) in [4.78, 5) is 17.0. The lowest BCUT2D eigenvalue weighted by molar-refractivity contribution is 0.340. The first-order chi connectivity index (χ1) is 14.6. The second kappa shape index (κ2) is 8.96. The maximum Gasteiger partial charge on any atom is 0.254 e. The Morgan fingerprint density at radius 3 is 2.57 bits per heavy atom. The minimum absolute atomic E-state index is 0.0932. The lowest BCUT2D eigenvalue weighted by atomic mass is 10.1. The Morgan fingerprint density at radius 2 is 1.83 bits per heavy atom. The molecule has 2 aromatic carbocycles. The average molecular weight is 420 g/mol. The van der Waals surface area contributed by atoms with E-state index in [9.17, 15) is 4.79 Å². The summed E-state index contributed by atoms with van der Waals surface area (Å²) in [6, 6.07) is 18.9. The van der Waals surface area contributed by atoms with Crippen LogP contribution < -0.4 is 10.3 Å². The van der Waals surface area contributed by atoms with E-state index in [2.05, 4.69) is 15.3 Å². The molecule has 0 saturated heterocycles. The van der Waals surface area contributed by atoms with Crippen molar-refractivity contribution in [3.8, 4) is 22.7 Å². The molecule has 2 aromatic heterocycles. The Balaban J connectivity index is 1.50. The Bertz CT molecular complexity index is 1190. The summed E-state index contributed by atoms with van der Waals surface area (Å²) in [5.41, 5.74) is 3.19. The van der Waals surface area contributed by atoms with Crippen LogP contribution in [0, 0.1) is 0 Å². The van der Waals surface area contributed by atoms with Gasteiger partial charge in [0.05, 0.1) is 29.9 Å². The third-order valence-corrected chi connectivity index (χ3v) is 5.53. The molecule has 0 unspecified atom stereocenters. The second-order valence-corrected chi connectivity index (χ2v) is 7.50. The molecule has 0 amide bonds. The Hall–Kier alpha value is -3.39. The molecule has 0 atom stereocenters. The van der Waals surface area contributed by atoms with Gasteiger partial charge in [-0.1, -0.05) is 47.3 Å². The highest BCUT2D eigenvalue weighted by Gasteiger charge is 2.10. The van der Waals surface area contributed by atoms with Crippen LogP contribution in [0.4, 0.5) is 0 Å². The van der Waals surface area contributed by atoms with E-state index < -0.39 is 0 Å². The molecule has 8 heteroatoms. The third-order valence-electron chi connectivity index (χ3n) is 4.47. The van der Waals surface area contributed by atoms with E-state index in [0.717, 1.165) is 22.7 Å². The van der Waals surface area contributed by atoms with Crippen LogP contribution in [0.25, 0.3) is 16.9 Å². The van der Waals surface area contributed by atoms with Crippen LogP contribution in [0.2, 0.25) is 0 Å². The number of nitrogens with zero attached hydrogens (tertiary/aromatic N) is 5. The van der Waals surface area contributed by atoms with E-state index in [1.54, 1.807) is 22.4 Å². The highest BCUT2D eigenvalue weighted by Crippen LogP contribution is 2.23. The molecule has 0 bridgehead atoms. The molecule has 0 fully saturated rings. The second-order valence-electron chi connectivity index (χ2n) is 6.56. The Morgan fingerprint density at radius 1 is 1.07 bits per heavy atom. The van der Waals surface area contributed by atoms with Gasteiger partial charge >= 0.3 is 0 Å². The predicted octanol–water partition coefficient (Wildman–Crippen LogP) is 3.72. The Kier molecular flexibility index (Phi) is 5.94. The summed E-state index contributed by atoms with van der Waals surface area (Å²) in [5, 5.41) is 9.08. The molecular formula is C22H21N5O2S. The van der Waals surface area contributed by atoms with Gasteiger partial charge in [-0.05, 0) is 31.2 Å². The third kappa shape index (κ3) is 4.44. The molecule has 0 aliphatic heterocycles. The van der Waals surface area contributed by atoms with Crippen LogP contribution in [0.15, 0.2) is 76.8 Å². The van der Waals surface area contributed by atoms with Crippen LogP contribution in [-0.2, 0) is 12.8 Å². The van der Waals surface area contributed by atoms with Crippen LogP contribution in [-0.4, -0.2) is 31.2 Å². The van der Waals surface area contributed by atoms with Crippen molar-refractivity contribution in [3.63, 3.8) is 0 Å². The molecule has 0 aliphatic carbocycles. The first-order valence-corrected chi connectivity index (χ1v) is 10.5. The van der Waals surface area contributed by atoms with Gasteiger partial charge in [-0.3, -0.25) is 9.36 Å². The minimum atomic E-state index is -0.0932. The number of hydrogen-bond donors (Lipinski definition) is 0. The fourth-order valence-electron chi connectivity index (χ4n) is 2.90. The SMILES string of the molecule is CCOc1ccc(-n2cc(CSc3nc(-c4ccccc4)cc(=O)n3C)nn2)cc1. The zero-order valence-corrected chi connectivity index (χ0v) is 17.5. The monoisotopic (exact) mass is 419 g/mol. The molecule has 0 N–H and O–H groups in total. The normalized spacial score (nSPS) is 10.9. The van der Waals surface area contributed by atoms with Crippen LogP contribution in [0.1, 0.15) is 12.6 Å². The summed E-state index contributed by atoms with van der Waals surface area (Å²) in [5.74, 6) is 1.37. The van der Waals surface area contributed by atoms with Gasteiger partial charge in [-0.2, -0.15) is 0 Å². The molecule has 152 valence electrons. The minimum Gasteiger partial charge on any atom is -0.494 e. The fourth-order valence-corrected chi connectivity index (χ4v) is 3.75. The van der Waals surface area contributed by atoms with Crippen molar-refractivity contribution in [2.45, 2.75) is 17.8 Å². The molecular weight excluding hydrogens is 398 g/mol. The summed E-state index contributed by atoms with van der Waals surface area (Å²) in [6.07, 6.45) is 1.88. The average Bonchev–Trinajstić information content (AvgIpc) is 3.25. The van der Waals surface area contributed by atoms with E-state index in [1.165, 1.54) is 11.8 Å². The zero-order valence-electron chi connectivity index (χ0n) is 16.7. The van der Waals surface area contributed by atoms with Gasteiger partial charge in [-0.15, -0.1) is 5.10 Å². The summed E-state index contributed by atoms with van der Waals surface area (Å²) >= 11 is 1.46. The summed E-state index contributed by atoms with van der Waals surface area (Å²) < 4.78 is 8.74. The van der Waals surface area contributed by atoms with Gasteiger partial charge in [0, 0.05) is 24.4 Å². The van der Waals surface area contributed by atoms with Gasteiger partial charge < -0.3 is 4.74 Å². The largest absolute Gasteiger partial charge is 0.494 e. The van der Waals surface area contributed by atoms with Gasteiger partial charge in [-0.25, -0.2) is 9.67 Å². The van der Waals surface area contributed by atoms with Crippen molar-refractivity contribution >= 4 is 11.8 Å². The van der Waals surface area contributed by atoms with Crippen molar-refractivity contribution in [2.24, 2.45) is 7.05 Å². The van der Waals surface area contributed by atoms with Crippen molar-refractivity contribution in [3.05, 3.63) is 82.9 Å². The maximum atomic E-state index is 12.4. The highest BCUT2D eigenvalue weighted by atomic mass is 32.2. The fraction of sp³-hybridized carbons (Fsp3) is 0.182. The van der Waals surface area contributed by atoms with Crippen LogP contribution in [0.3, 0.4) is 0 Å². The molecule has 7 nitrogen and oxygen atoms in total. The van der Waals surface area contributed by atoms with Crippen molar-refractivity contribution < 1.29 is 4.74 Å². The number of rotatable bonds is 7. The molecule has 4 aromatic rings. The van der Waals surface area contributed by atoms with Crippen LogP contribution >= 0.6 is 11.8 Å². The quantitative estimate of drug-likeness (QED) is 0.336. The predicted molar refractivity (Wildman–Crippen MR) is 117 cm³/mol. The zero-order chi connectivity index (χ0) is 20.9.